The first kappa shape index (κ1) is 38.8. The van der Waals surface area contributed by atoms with E-state index in [1.54, 1.807) is 36.9 Å². The number of oxime groups is 1. The van der Waals surface area contributed by atoms with Crippen LogP contribution in [0.1, 0.15) is 43.4 Å². The van der Waals surface area contributed by atoms with Crippen molar-refractivity contribution in [2.24, 2.45) is 5.16 Å². The summed E-state index contributed by atoms with van der Waals surface area (Å²) in [5, 5.41) is 27.3. The fourth-order valence-corrected chi connectivity index (χ4v) is 6.28. The lowest BCUT2D eigenvalue weighted by Gasteiger charge is -2.21. The number of aliphatic carboxylic acids is 1. The van der Waals surface area contributed by atoms with E-state index in [-0.39, 0.29) is 18.1 Å². The molecule has 1 atom stereocenters. The predicted octanol–water partition coefficient (Wildman–Crippen LogP) is 7.71. The number of aromatic amines is 2. The molecule has 0 saturated heterocycles. The number of nitrogens with one attached hydrogen (secondary N) is 3. The van der Waals surface area contributed by atoms with E-state index in [1.807, 2.05) is 78.9 Å². The minimum atomic E-state index is -1.05. The summed E-state index contributed by atoms with van der Waals surface area (Å²) in [4.78, 5) is 45.9. The number of nitrogens with zero attached hydrogens (tertiary/aromatic N) is 4. The van der Waals surface area contributed by atoms with Crippen molar-refractivity contribution in [3.8, 4) is 39.7 Å². The number of anilines is 1. The Morgan fingerprint density at radius 2 is 1.68 bits per heavy atom. The molecule has 5 N–H and O–H groups in total. The second kappa shape index (κ2) is 18.9. The highest BCUT2D eigenvalue weighted by Gasteiger charge is 2.28. The number of aromatic hydroxyl groups is 1. The van der Waals surface area contributed by atoms with Gasteiger partial charge < -0.3 is 35.2 Å². The Morgan fingerprint density at radius 3 is 2.30 bits per heavy atom. The molecule has 12 heteroatoms. The minimum Gasteiger partial charge on any atom is -0.507 e. The number of amides is 1. The van der Waals surface area contributed by atoms with E-state index in [2.05, 4.69) is 56.3 Å². The van der Waals surface area contributed by atoms with Gasteiger partial charge in [-0.3, -0.25) is 4.79 Å². The second-order valence-electron chi connectivity index (χ2n) is 13.0. The molecular weight excluding hydrogens is 707 g/mol. The van der Waals surface area contributed by atoms with Gasteiger partial charge >= 0.3 is 5.97 Å². The Labute approximate surface area is 325 Å². The summed E-state index contributed by atoms with van der Waals surface area (Å²) in [6.45, 7) is 6.39. The van der Waals surface area contributed by atoms with E-state index in [4.69, 9.17) is 9.82 Å². The minimum absolute atomic E-state index is 0.118. The molecule has 1 amide bonds. The fourth-order valence-electron chi connectivity index (χ4n) is 6.28. The number of carboxylic acids is 1. The van der Waals surface area contributed by atoms with Crippen molar-refractivity contribution in [1.82, 2.24) is 25.3 Å². The summed E-state index contributed by atoms with van der Waals surface area (Å²) in [6, 6.07) is 31.2. The number of rotatable bonds is 14. The van der Waals surface area contributed by atoms with Gasteiger partial charge in [0.1, 0.15) is 11.6 Å². The van der Waals surface area contributed by atoms with Crippen molar-refractivity contribution in [3.63, 3.8) is 0 Å². The molecule has 0 bridgehead atoms. The van der Waals surface area contributed by atoms with E-state index < -0.39 is 12.1 Å². The largest absolute Gasteiger partial charge is 0.507 e. The highest BCUT2D eigenvalue weighted by atomic mass is 16.7. The zero-order valence-corrected chi connectivity index (χ0v) is 31.4. The number of phenolic OH excluding ortho intramolecular Hbond substituents is 1. The molecule has 2 aromatic heterocycles. The lowest BCUT2D eigenvalue weighted by molar-refractivity contribution is -0.148. The van der Waals surface area contributed by atoms with Crippen LogP contribution in [-0.4, -0.2) is 73.5 Å². The molecule has 1 aliphatic heterocycles. The van der Waals surface area contributed by atoms with Crippen LogP contribution in [0.2, 0.25) is 0 Å². The van der Waals surface area contributed by atoms with Gasteiger partial charge in [-0.2, -0.15) is 0 Å². The van der Waals surface area contributed by atoms with Crippen molar-refractivity contribution in [2.45, 2.75) is 39.2 Å². The summed E-state index contributed by atoms with van der Waals surface area (Å²) in [5.41, 5.74) is 8.07. The molecule has 3 heterocycles. The van der Waals surface area contributed by atoms with Crippen molar-refractivity contribution in [2.75, 3.05) is 24.5 Å². The molecule has 0 radical (unpaired) electrons. The molecule has 7 rings (SSSR count). The summed E-state index contributed by atoms with van der Waals surface area (Å²) in [6.07, 6.45) is 9.38. The Bertz CT molecular complexity index is 2230. The van der Waals surface area contributed by atoms with Gasteiger partial charge in [-0.25, -0.2) is 14.8 Å². The Hall–Kier alpha value is -6.95. The summed E-state index contributed by atoms with van der Waals surface area (Å²) in [7, 11) is 0. The van der Waals surface area contributed by atoms with Gasteiger partial charge in [-0.05, 0) is 61.6 Å². The van der Waals surface area contributed by atoms with E-state index >= 15 is 0 Å². The second-order valence-corrected chi connectivity index (χ2v) is 13.0. The molecule has 56 heavy (non-hydrogen) atoms. The molecule has 286 valence electrons. The number of hydrogen-bond acceptors (Lipinski definition) is 8. The average molecular weight is 752 g/mol. The number of H-pyrrole nitrogens is 2. The van der Waals surface area contributed by atoms with Crippen molar-refractivity contribution >= 4 is 29.4 Å². The highest BCUT2D eigenvalue weighted by Crippen LogP contribution is 2.37. The van der Waals surface area contributed by atoms with Gasteiger partial charge in [0, 0.05) is 67.4 Å². The molecule has 1 aliphatic rings. The maximum absolute atomic E-state index is 12.5. The lowest BCUT2D eigenvalue weighted by Crippen LogP contribution is -2.22. The topological polar surface area (TPSA) is 169 Å². The van der Waals surface area contributed by atoms with Crippen LogP contribution in [0.3, 0.4) is 0 Å². The molecule has 6 aromatic rings. The van der Waals surface area contributed by atoms with Gasteiger partial charge in [-0.15, -0.1) is 0 Å². The molecular formula is C44H45N7O5. The third-order valence-corrected chi connectivity index (χ3v) is 9.32. The quantitative estimate of drug-likeness (QED) is 0.0557. The molecule has 0 aliphatic carbocycles. The SMILES string of the molecule is CCN(CC)c1ccc(-c2nc(-c3ccc(C4=NOC(C(=O)O)C4)cc3)c(-c3ccc(C=CC(=O)NCCCc4ccccc4)cc3)[nH]2)c(O)c1.c1c[nH]cn1. The Kier molecular flexibility index (Phi) is 13.1. The number of aryl methyl sites for hydroxylation is 1. The highest BCUT2D eigenvalue weighted by molar-refractivity contribution is 6.03. The number of hydrogen-bond donors (Lipinski definition) is 5. The number of aromatic nitrogens is 4. The number of benzene rings is 4. The molecule has 0 saturated carbocycles. The van der Waals surface area contributed by atoms with Crippen LogP contribution in [0.4, 0.5) is 5.69 Å². The predicted molar refractivity (Wildman–Crippen MR) is 219 cm³/mol. The van der Waals surface area contributed by atoms with Crippen LogP contribution in [0, 0.1) is 0 Å². The molecule has 0 fully saturated rings. The number of carbonyl (C=O) groups is 2. The van der Waals surface area contributed by atoms with Crippen molar-refractivity contribution in [3.05, 3.63) is 139 Å². The van der Waals surface area contributed by atoms with Crippen LogP contribution >= 0.6 is 0 Å². The van der Waals surface area contributed by atoms with Gasteiger partial charge in [0.25, 0.3) is 0 Å². The first-order chi connectivity index (χ1) is 27.3. The molecule has 0 spiro atoms. The monoisotopic (exact) mass is 751 g/mol. The lowest BCUT2D eigenvalue weighted by atomic mass is 10.00. The Balaban J connectivity index is 0.000000985. The van der Waals surface area contributed by atoms with Crippen LogP contribution in [-0.2, 0) is 20.8 Å². The summed E-state index contributed by atoms with van der Waals surface area (Å²) in [5.74, 6) is -0.561. The van der Waals surface area contributed by atoms with Crippen LogP contribution in [0.15, 0.2) is 127 Å². The van der Waals surface area contributed by atoms with Crippen LogP contribution in [0.25, 0.3) is 40.0 Å². The summed E-state index contributed by atoms with van der Waals surface area (Å²) >= 11 is 0. The molecule has 12 nitrogen and oxygen atoms in total. The van der Waals surface area contributed by atoms with Crippen LogP contribution in [0.5, 0.6) is 5.75 Å². The van der Waals surface area contributed by atoms with E-state index in [0.29, 0.717) is 29.3 Å². The number of imidazole rings is 2. The fraction of sp³-hybridized carbons (Fsp3) is 0.205. The smallest absolute Gasteiger partial charge is 0.348 e. The Morgan fingerprint density at radius 1 is 0.946 bits per heavy atom. The van der Waals surface area contributed by atoms with Crippen molar-refractivity contribution in [1.29, 1.82) is 0 Å². The third kappa shape index (κ3) is 9.97. The standard InChI is InChI=1S/C41H41N5O5.C3H4N2/c1-3-46(4-2)32-21-22-33(35(47)25-32)40-43-38(39(44-40)31-19-17-29(18-20-31)34-26-36(41(49)50)51-45-34)30-15-12-28(13-16-30)14-23-37(48)42-24-8-11-27-9-6-5-7-10-27;1-2-5-3-4-1/h5-7,9-10,12-23,25,36,47H,3-4,8,11,24,26H2,1-2H3,(H,42,48)(H,43,44)(H,49,50);1-3H,(H,4,5). The number of carboxylic acid groups (broad SMARTS) is 1. The number of carbonyl (C=O) groups excluding carboxylic acids is 1. The molecule has 1 unspecified atom stereocenters. The molecule has 4 aromatic carbocycles. The van der Waals surface area contributed by atoms with E-state index in [0.717, 1.165) is 59.6 Å². The zero-order valence-electron chi connectivity index (χ0n) is 31.4. The van der Waals surface area contributed by atoms with Gasteiger partial charge in [0.05, 0.1) is 29.0 Å². The first-order valence-corrected chi connectivity index (χ1v) is 18.6. The van der Waals surface area contributed by atoms with Gasteiger partial charge in [0.2, 0.25) is 12.0 Å². The van der Waals surface area contributed by atoms with Crippen LogP contribution < -0.4 is 10.2 Å². The van der Waals surface area contributed by atoms with E-state index in [1.165, 1.54) is 5.56 Å². The average Bonchev–Trinajstić information content (AvgIpc) is 4.04. The first-order valence-electron chi connectivity index (χ1n) is 18.6. The maximum atomic E-state index is 12.5. The third-order valence-electron chi connectivity index (χ3n) is 9.32. The van der Waals surface area contributed by atoms with Gasteiger partial charge in [0.15, 0.2) is 0 Å². The summed E-state index contributed by atoms with van der Waals surface area (Å²) < 4.78 is 0. The van der Waals surface area contributed by atoms with Gasteiger partial charge in [-0.1, -0.05) is 84.0 Å². The normalized spacial score (nSPS) is 13.4. The van der Waals surface area contributed by atoms with Crippen molar-refractivity contribution < 1.29 is 24.6 Å². The van der Waals surface area contributed by atoms with E-state index in [9.17, 15) is 19.8 Å². The maximum Gasteiger partial charge on any atom is 0.348 e. The number of phenols is 1. The zero-order chi connectivity index (χ0) is 39.3.